The molecule has 1 radical (unpaired) electrons. The van der Waals surface area contributed by atoms with Crippen LogP contribution in [0.15, 0.2) is 56.7 Å². The fraction of sp³-hybridized carbons (Fsp3) is 0.176. The average molecular weight is 462 g/mol. The molecule has 4 rings (SSSR count). The number of thiazole rings is 3. The number of hydrogen-bond donors (Lipinski definition) is 0. The number of hydrogen-bond acceptors (Lipinski definition) is 7. The van der Waals surface area contributed by atoms with Crippen molar-refractivity contribution in [3.8, 4) is 0 Å². The average Bonchev–Trinajstić information content (AvgIpc) is 3.38. The van der Waals surface area contributed by atoms with E-state index < -0.39 is 0 Å². The van der Waals surface area contributed by atoms with Crippen molar-refractivity contribution in [3.05, 3.63) is 68.4 Å². The predicted molar refractivity (Wildman–Crippen MR) is 104 cm³/mol. The molecule has 0 aromatic carbocycles. The third-order valence-electron chi connectivity index (χ3n) is 3.73. The van der Waals surface area contributed by atoms with Gasteiger partial charge in [0.25, 0.3) is 0 Å². The quantitative estimate of drug-likeness (QED) is 0.436. The molecule has 0 amide bonds. The van der Waals surface area contributed by atoms with Crippen LogP contribution in [0.4, 0.5) is 10.3 Å². The monoisotopic (exact) mass is 461 g/mol. The van der Waals surface area contributed by atoms with Crippen LogP contribution in [-0.2, 0) is 22.5 Å². The van der Waals surface area contributed by atoms with Gasteiger partial charge >= 0.3 is 17.1 Å². The van der Waals surface area contributed by atoms with E-state index >= 15 is 0 Å². The van der Waals surface area contributed by atoms with Gasteiger partial charge in [-0.15, -0.1) is 22.7 Å². The summed E-state index contributed by atoms with van der Waals surface area (Å²) < 4.78 is 0. The maximum Gasteiger partial charge on any atom is 2.00 e. The molecule has 0 fully saturated rings. The van der Waals surface area contributed by atoms with Crippen molar-refractivity contribution < 1.29 is 17.1 Å². The first-order valence-electron chi connectivity index (χ1n) is 7.77. The smallest absolute Gasteiger partial charge is 0.443 e. The molecule has 0 saturated carbocycles. The van der Waals surface area contributed by atoms with Crippen LogP contribution in [-0.4, -0.2) is 9.97 Å². The number of rotatable bonds is 4. The molecule has 4 aromatic rings. The molecular formula is C17H14CuN6S3. The van der Waals surface area contributed by atoms with E-state index in [4.69, 9.17) is 0 Å². The fourth-order valence-electron chi connectivity index (χ4n) is 2.21. The van der Waals surface area contributed by atoms with E-state index in [2.05, 4.69) is 43.8 Å². The van der Waals surface area contributed by atoms with Gasteiger partial charge in [0.05, 0.1) is 5.69 Å². The predicted octanol–water partition coefficient (Wildman–Crippen LogP) is 3.36. The topological polar surface area (TPSA) is 78.7 Å². The van der Waals surface area contributed by atoms with Crippen LogP contribution in [0.2, 0.25) is 0 Å². The Kier molecular flexibility index (Phi) is 6.23. The summed E-state index contributed by atoms with van der Waals surface area (Å²) in [6.07, 6.45) is 3.46. The van der Waals surface area contributed by atoms with Gasteiger partial charge in [0.1, 0.15) is 10.3 Å². The van der Waals surface area contributed by atoms with Gasteiger partial charge in [-0.1, -0.05) is 43.7 Å². The zero-order valence-electron chi connectivity index (χ0n) is 14.3. The van der Waals surface area contributed by atoms with Gasteiger partial charge in [-0.3, -0.25) is 0 Å². The van der Waals surface area contributed by atoms with Crippen molar-refractivity contribution >= 4 is 44.3 Å². The third-order valence-corrected chi connectivity index (χ3v) is 5.87. The minimum atomic E-state index is -0.332. The van der Waals surface area contributed by atoms with Crippen molar-refractivity contribution in [2.24, 2.45) is 9.98 Å². The Hall–Kier alpha value is -1.84. The first kappa shape index (κ1) is 19.9. The summed E-state index contributed by atoms with van der Waals surface area (Å²) in [5, 5.41) is 7.36. The standard InChI is InChI=1S/C17H14N6S3.Cu/c1-17(2,12-10-26-16(21-12)23-14-19-7-8-24-14)11-9-25-15(20-11)22-13-5-3-4-6-18-13;/h3-10H,1-2H3;/q-2;+2. The van der Waals surface area contributed by atoms with Gasteiger partial charge in [0.15, 0.2) is 0 Å². The van der Waals surface area contributed by atoms with Gasteiger partial charge < -0.3 is 20.0 Å². The van der Waals surface area contributed by atoms with Crippen LogP contribution in [0.3, 0.4) is 0 Å². The van der Waals surface area contributed by atoms with Crippen LogP contribution in [0.25, 0.3) is 0 Å². The summed E-state index contributed by atoms with van der Waals surface area (Å²) in [7, 11) is 0. The van der Waals surface area contributed by atoms with Crippen molar-refractivity contribution in [1.82, 2.24) is 19.9 Å². The molecule has 0 N–H and O–H groups in total. The fourth-order valence-corrected chi connectivity index (χ4v) is 4.49. The van der Waals surface area contributed by atoms with Crippen LogP contribution in [0.1, 0.15) is 25.2 Å². The van der Waals surface area contributed by atoms with Crippen LogP contribution in [0.5, 0.6) is 0 Å². The number of aromatic nitrogens is 4. The van der Waals surface area contributed by atoms with Crippen LogP contribution in [0, 0.1) is 0 Å². The first-order valence-corrected chi connectivity index (χ1v) is 10.4. The molecule has 0 aliphatic heterocycles. The molecule has 4 aromatic heterocycles. The van der Waals surface area contributed by atoms with E-state index in [0.29, 0.717) is 20.6 Å². The minimum absolute atomic E-state index is 0. The van der Waals surface area contributed by atoms with Gasteiger partial charge in [-0.05, 0) is 11.1 Å². The maximum atomic E-state index is 4.67. The SMILES string of the molecule is CC(C)(c1csc(/N=c2/cccc[n-]2)n1)c1cs/c(=N/c2nccs2)[n-]1.[Cu+2]. The molecule has 0 saturated heterocycles. The summed E-state index contributed by atoms with van der Waals surface area (Å²) in [6, 6.07) is 5.64. The Labute approximate surface area is 178 Å². The summed E-state index contributed by atoms with van der Waals surface area (Å²) in [5.41, 5.74) is 2.20. The third kappa shape index (κ3) is 4.53. The normalized spacial score (nSPS) is 13.0. The van der Waals surface area contributed by atoms with Crippen molar-refractivity contribution in [3.63, 3.8) is 0 Å². The Morgan fingerprint density at radius 3 is 2.67 bits per heavy atom. The molecule has 27 heavy (non-hydrogen) atoms. The van der Waals surface area contributed by atoms with Crippen molar-refractivity contribution in [1.29, 1.82) is 0 Å². The second-order valence-corrected chi connectivity index (χ2v) is 8.43. The zero-order chi connectivity index (χ0) is 18.0. The molecular weight excluding hydrogens is 448 g/mol. The van der Waals surface area contributed by atoms with Crippen molar-refractivity contribution in [2.75, 3.05) is 0 Å². The Morgan fingerprint density at radius 1 is 1.04 bits per heavy atom. The molecule has 0 unspecified atom stereocenters. The van der Waals surface area contributed by atoms with E-state index in [1.54, 1.807) is 12.4 Å². The van der Waals surface area contributed by atoms with E-state index in [-0.39, 0.29) is 22.5 Å². The summed E-state index contributed by atoms with van der Waals surface area (Å²) in [5.74, 6) is 0. The largest absolute Gasteiger partial charge is 2.00 e. The number of nitrogens with zero attached hydrogens (tertiary/aromatic N) is 6. The van der Waals surface area contributed by atoms with Crippen LogP contribution < -0.4 is 20.3 Å². The number of pyridine rings is 1. The molecule has 4 heterocycles. The summed E-state index contributed by atoms with van der Waals surface area (Å²) >= 11 is 4.51. The zero-order valence-corrected chi connectivity index (χ0v) is 17.7. The molecule has 10 heteroatoms. The van der Waals surface area contributed by atoms with Gasteiger partial charge in [-0.2, -0.15) is 11.3 Å². The molecule has 0 atom stereocenters. The molecule has 0 aliphatic carbocycles. The van der Waals surface area contributed by atoms with Gasteiger partial charge in [-0.25, -0.2) is 9.97 Å². The molecule has 141 valence electrons. The summed E-state index contributed by atoms with van der Waals surface area (Å²) in [6.45, 7) is 4.21. The second-order valence-electron chi connectivity index (χ2n) is 5.88. The minimum Gasteiger partial charge on any atom is -0.443 e. The van der Waals surface area contributed by atoms with Gasteiger partial charge in [0.2, 0.25) is 0 Å². The maximum absolute atomic E-state index is 4.67. The molecule has 6 nitrogen and oxygen atoms in total. The first-order chi connectivity index (χ1) is 12.6. The van der Waals surface area contributed by atoms with E-state index in [1.807, 2.05) is 34.3 Å². The Balaban J connectivity index is 0.00000210. The van der Waals surface area contributed by atoms with E-state index in [0.717, 1.165) is 11.4 Å². The van der Waals surface area contributed by atoms with Crippen LogP contribution >= 0.6 is 34.0 Å². The van der Waals surface area contributed by atoms with E-state index in [1.165, 1.54) is 34.0 Å². The molecule has 0 spiro atoms. The Morgan fingerprint density at radius 2 is 1.93 bits per heavy atom. The second kappa shape index (κ2) is 8.45. The van der Waals surface area contributed by atoms with Gasteiger partial charge in [0, 0.05) is 27.2 Å². The molecule has 0 aliphatic rings. The molecule has 0 bridgehead atoms. The van der Waals surface area contributed by atoms with E-state index in [9.17, 15) is 0 Å². The summed E-state index contributed by atoms with van der Waals surface area (Å²) in [4.78, 5) is 27.4. The Bertz CT molecular complexity index is 1120. The van der Waals surface area contributed by atoms with Crippen molar-refractivity contribution in [2.45, 2.75) is 19.3 Å².